The first-order valence-electron chi connectivity index (χ1n) is 19.6. The van der Waals surface area contributed by atoms with E-state index >= 15 is 0 Å². The van der Waals surface area contributed by atoms with Gasteiger partial charge >= 0.3 is 0 Å². The lowest BCUT2D eigenvalue weighted by atomic mass is 9.89. The van der Waals surface area contributed by atoms with Gasteiger partial charge in [-0.25, -0.2) is 0 Å². The molecule has 0 saturated heterocycles. The van der Waals surface area contributed by atoms with E-state index in [1.807, 2.05) is 0 Å². The van der Waals surface area contributed by atoms with E-state index in [-0.39, 0.29) is 0 Å². The van der Waals surface area contributed by atoms with Crippen LogP contribution in [-0.4, -0.2) is 26.4 Å². The van der Waals surface area contributed by atoms with Gasteiger partial charge in [-0.2, -0.15) is 0 Å². The molecule has 0 aliphatic heterocycles. The van der Waals surface area contributed by atoms with Gasteiger partial charge in [-0.1, -0.05) is 109 Å². The highest BCUT2D eigenvalue weighted by molar-refractivity contribution is 9.10. The smallest absolute Gasteiger partial charge is 0.126 e. The summed E-state index contributed by atoms with van der Waals surface area (Å²) < 4.78 is 27.9. The van der Waals surface area contributed by atoms with Crippen molar-refractivity contribution < 1.29 is 18.9 Å². The molecule has 5 heteroatoms. The lowest BCUT2D eigenvalue weighted by Crippen LogP contribution is -2.10. The molecule has 4 nitrogen and oxygen atoms in total. The number of para-hydroxylation sites is 2. The lowest BCUT2D eigenvalue weighted by molar-refractivity contribution is 0.304. The quantitative estimate of drug-likeness (QED) is 0.117. The van der Waals surface area contributed by atoms with E-state index in [2.05, 4.69) is 136 Å². The van der Waals surface area contributed by atoms with Gasteiger partial charge in [0.2, 0.25) is 0 Å². The summed E-state index contributed by atoms with van der Waals surface area (Å²) in [7, 11) is 0. The Balaban J connectivity index is 1.66. The highest BCUT2D eigenvalue weighted by Gasteiger charge is 2.23. The Bertz CT molecular complexity index is 2010. The summed E-state index contributed by atoms with van der Waals surface area (Å²) >= 11 is 3.91. The van der Waals surface area contributed by atoms with Crippen LogP contribution in [0.2, 0.25) is 0 Å². The Morgan fingerprint density at radius 3 is 1.09 bits per heavy atom. The Kier molecular flexibility index (Phi) is 13.2. The van der Waals surface area contributed by atoms with Crippen molar-refractivity contribution in [2.24, 2.45) is 0 Å². The molecule has 53 heavy (non-hydrogen) atoms. The molecule has 0 heterocycles. The van der Waals surface area contributed by atoms with Gasteiger partial charge in [-0.3, -0.25) is 0 Å². The van der Waals surface area contributed by atoms with E-state index in [4.69, 9.17) is 18.9 Å². The molecule has 0 saturated carbocycles. The minimum Gasteiger partial charge on any atom is -0.493 e. The van der Waals surface area contributed by atoms with Gasteiger partial charge in [0.15, 0.2) is 0 Å². The molecule has 1 aliphatic carbocycles. The fourth-order valence-electron chi connectivity index (χ4n) is 7.51. The molecular weight excluding hydrogens is 720 g/mol. The van der Waals surface area contributed by atoms with Crippen LogP contribution >= 0.6 is 15.9 Å². The molecule has 0 atom stereocenters. The molecule has 0 fully saturated rings. The first kappa shape index (κ1) is 38.5. The zero-order valence-electron chi connectivity index (χ0n) is 32.5. The average Bonchev–Trinajstić information content (AvgIpc) is 3.13. The Hall–Kier alpha value is -4.22. The van der Waals surface area contributed by atoms with Crippen LogP contribution < -0.4 is 18.9 Å². The van der Waals surface area contributed by atoms with Crippen molar-refractivity contribution >= 4 is 15.9 Å². The van der Waals surface area contributed by atoms with Gasteiger partial charge in [0.05, 0.1) is 26.4 Å². The second-order valence-corrected chi connectivity index (χ2v) is 15.4. The molecule has 6 rings (SSSR count). The molecule has 0 unspecified atom stereocenters. The van der Waals surface area contributed by atoms with E-state index in [1.165, 1.54) is 33.4 Å². The third-order valence-corrected chi connectivity index (χ3v) is 10.1. The molecule has 0 spiro atoms. The summed E-state index contributed by atoms with van der Waals surface area (Å²) in [6.45, 7) is 15.6. The van der Waals surface area contributed by atoms with Crippen molar-refractivity contribution in [3.05, 3.63) is 139 Å². The van der Waals surface area contributed by atoms with Crippen molar-refractivity contribution in [2.75, 3.05) is 26.4 Å². The second kappa shape index (κ2) is 18.2. The van der Waals surface area contributed by atoms with Crippen molar-refractivity contribution in [3.63, 3.8) is 0 Å². The largest absolute Gasteiger partial charge is 0.493 e. The normalized spacial score (nSPS) is 12.4. The highest BCUT2D eigenvalue weighted by atomic mass is 79.9. The van der Waals surface area contributed by atoms with E-state index < -0.39 is 0 Å². The third kappa shape index (κ3) is 9.30. The number of hydrogen-bond donors (Lipinski definition) is 0. The Morgan fingerprint density at radius 2 is 0.717 bits per heavy atom. The number of rotatable bonds is 13. The summed E-state index contributed by atoms with van der Waals surface area (Å²) in [5.41, 5.74) is 14.2. The van der Waals surface area contributed by atoms with Crippen LogP contribution in [-0.2, 0) is 25.7 Å². The van der Waals surface area contributed by atoms with Crippen LogP contribution in [0, 0.1) is 13.8 Å². The SMILES string of the molecule is CCCOc1c2cccc1Cc1cc(Br)cc(c1OCCC)Cc1cc(-c3cc(C)cc(C)c3)cc(c1OCCC)Cc1cccc(c1OCCC)C2. The molecule has 1 aliphatic rings. The summed E-state index contributed by atoms with van der Waals surface area (Å²) in [6, 6.07) is 29.2. The minimum absolute atomic E-state index is 0.639. The average molecular weight is 776 g/mol. The van der Waals surface area contributed by atoms with E-state index in [1.54, 1.807) is 0 Å². The molecule has 5 aromatic rings. The van der Waals surface area contributed by atoms with Gasteiger partial charge < -0.3 is 18.9 Å². The second-order valence-electron chi connectivity index (χ2n) is 14.5. The number of halogens is 1. The molecule has 0 amide bonds. The first-order chi connectivity index (χ1) is 25.8. The first-order valence-corrected chi connectivity index (χ1v) is 20.4. The summed E-state index contributed by atoms with van der Waals surface area (Å²) in [6.07, 6.45) is 6.44. The maximum absolute atomic E-state index is 6.79. The van der Waals surface area contributed by atoms with Crippen LogP contribution in [0.3, 0.4) is 0 Å². The molecule has 0 aromatic heterocycles. The standard InChI is InChI=1S/C48H55BrO4/c1-7-17-50-45-34-13-11-15-36(45)25-40-27-39(38-22-32(5)21-33(6)23-38)28-41(47(40)52-19-9-3)29-43-31-44(49)30-42(48(43)53-20-10-4)26-37-16-12-14-35(24-34)46(37)51-18-8-2/h11-16,21-23,27-28,30-31H,7-10,17-20,24-26,29H2,1-6H3. The minimum atomic E-state index is 0.639. The van der Waals surface area contributed by atoms with Crippen molar-refractivity contribution in [1.82, 2.24) is 0 Å². The topological polar surface area (TPSA) is 36.9 Å². The lowest BCUT2D eigenvalue weighted by Gasteiger charge is -2.23. The Labute approximate surface area is 326 Å². The zero-order chi connectivity index (χ0) is 37.3. The van der Waals surface area contributed by atoms with Gasteiger partial charge in [0.25, 0.3) is 0 Å². The highest BCUT2D eigenvalue weighted by Crippen LogP contribution is 2.42. The number of fused-ring (bicyclic) bond motifs is 8. The van der Waals surface area contributed by atoms with Crippen LogP contribution in [0.25, 0.3) is 11.1 Å². The number of benzene rings is 5. The van der Waals surface area contributed by atoms with E-state index in [9.17, 15) is 0 Å². The molecule has 278 valence electrons. The van der Waals surface area contributed by atoms with Crippen molar-refractivity contribution in [3.8, 4) is 34.1 Å². The number of ether oxygens (including phenoxy) is 4. The van der Waals surface area contributed by atoms with Crippen LogP contribution in [0.4, 0.5) is 0 Å². The Morgan fingerprint density at radius 1 is 0.415 bits per heavy atom. The summed E-state index contributed by atoms with van der Waals surface area (Å²) in [5.74, 6) is 3.85. The van der Waals surface area contributed by atoms with Crippen LogP contribution in [0.1, 0.15) is 109 Å². The van der Waals surface area contributed by atoms with E-state index in [0.29, 0.717) is 52.1 Å². The molecule has 0 N–H and O–H groups in total. The summed E-state index contributed by atoms with van der Waals surface area (Å²) in [5, 5.41) is 0. The molecule has 8 bridgehead atoms. The van der Waals surface area contributed by atoms with Crippen LogP contribution in [0.5, 0.6) is 23.0 Å². The zero-order valence-corrected chi connectivity index (χ0v) is 34.1. The van der Waals surface area contributed by atoms with E-state index in [0.717, 1.165) is 86.5 Å². The van der Waals surface area contributed by atoms with Gasteiger partial charge in [0, 0.05) is 41.3 Å². The van der Waals surface area contributed by atoms with Gasteiger partial charge in [0.1, 0.15) is 23.0 Å². The van der Waals surface area contributed by atoms with Crippen molar-refractivity contribution in [2.45, 2.75) is 92.9 Å². The molecular formula is C48H55BrO4. The van der Waals surface area contributed by atoms with Gasteiger partial charge in [-0.05, 0) is 108 Å². The number of aryl methyl sites for hydroxylation is 2. The molecule has 0 radical (unpaired) electrons. The molecule has 5 aromatic carbocycles. The number of hydrogen-bond acceptors (Lipinski definition) is 4. The monoisotopic (exact) mass is 774 g/mol. The fraction of sp³-hybridized carbons (Fsp3) is 0.375. The predicted molar refractivity (Wildman–Crippen MR) is 223 cm³/mol. The third-order valence-electron chi connectivity index (χ3n) is 9.69. The summed E-state index contributed by atoms with van der Waals surface area (Å²) in [4.78, 5) is 0. The maximum atomic E-state index is 6.79. The predicted octanol–water partition coefficient (Wildman–Crippen LogP) is 12.6. The van der Waals surface area contributed by atoms with Crippen LogP contribution in [0.15, 0.2) is 83.3 Å². The van der Waals surface area contributed by atoms with Gasteiger partial charge in [-0.15, -0.1) is 0 Å². The maximum Gasteiger partial charge on any atom is 0.126 e. The van der Waals surface area contributed by atoms with Crippen molar-refractivity contribution in [1.29, 1.82) is 0 Å². The fourth-order valence-corrected chi connectivity index (χ4v) is 8.06.